The third kappa shape index (κ3) is 11.2. The molecule has 12 nitrogen and oxygen atoms in total. The molecule has 4 atom stereocenters. The number of amides is 5. The van der Waals surface area contributed by atoms with E-state index in [1.165, 1.54) is 11.8 Å². The van der Waals surface area contributed by atoms with Crippen molar-refractivity contribution in [3.63, 3.8) is 0 Å². The van der Waals surface area contributed by atoms with Gasteiger partial charge >= 0.3 is 0 Å². The van der Waals surface area contributed by atoms with Crippen LogP contribution in [0.5, 0.6) is 0 Å². The summed E-state index contributed by atoms with van der Waals surface area (Å²) in [6.07, 6.45) is 1.65. The fourth-order valence-electron chi connectivity index (χ4n) is 5.18. The predicted octanol–water partition coefficient (Wildman–Crippen LogP) is 1.65. The van der Waals surface area contributed by atoms with Gasteiger partial charge in [0.1, 0.15) is 23.7 Å². The third-order valence-electron chi connectivity index (χ3n) is 8.06. The van der Waals surface area contributed by atoms with Crippen molar-refractivity contribution in [3.8, 4) is 0 Å². The van der Waals surface area contributed by atoms with Gasteiger partial charge in [-0.05, 0) is 30.4 Å². The SMILES string of the molecule is CC[C@H](C)[C@@H]1NC(=O)[C@H](CC(C)C)NC(=O)C2(CCOCC2)NC(=O)CCSCc2cccc(n2)CSC[C@@H](C(N)=O)NC1=O. The number of ether oxygens (including phenoxy) is 1. The standard InChI is InChI=1S/C31H48N6O6S2/c1-5-20(4)26-29(41)34-24(27(32)39)18-45-17-22-8-6-7-21(33-22)16-44-14-9-25(38)37-31(10-12-43-13-11-31)30(42)35-23(15-19(2)3)28(40)36-26/h6-8,19-20,23-24,26H,5,9-18H2,1-4H3,(H2,32,39)(H,34,41)(H,35,42)(H,36,40)(H,37,38)/t20-,23-,24-,26-/m0/s1. The highest BCUT2D eigenvalue weighted by atomic mass is 32.2. The highest BCUT2D eigenvalue weighted by molar-refractivity contribution is 7.98. The van der Waals surface area contributed by atoms with Crippen molar-refractivity contribution in [2.75, 3.05) is 24.7 Å². The number of thioether (sulfide) groups is 2. The molecule has 0 radical (unpaired) electrons. The lowest BCUT2D eigenvalue weighted by atomic mass is 9.87. The van der Waals surface area contributed by atoms with Crippen molar-refractivity contribution < 1.29 is 28.7 Å². The van der Waals surface area contributed by atoms with Crippen LogP contribution in [0.15, 0.2) is 18.2 Å². The Balaban J connectivity index is 1.92. The zero-order valence-corrected chi connectivity index (χ0v) is 28.3. The van der Waals surface area contributed by atoms with Crippen molar-refractivity contribution in [1.29, 1.82) is 0 Å². The molecule has 3 heterocycles. The Bertz CT molecular complexity index is 1190. The van der Waals surface area contributed by atoms with E-state index in [0.29, 0.717) is 43.3 Å². The summed E-state index contributed by atoms with van der Waals surface area (Å²) < 4.78 is 5.51. The molecule has 45 heavy (non-hydrogen) atoms. The van der Waals surface area contributed by atoms with Crippen LogP contribution in [0.4, 0.5) is 0 Å². The first-order chi connectivity index (χ1) is 21.4. The maximum absolute atomic E-state index is 13.9. The van der Waals surface area contributed by atoms with E-state index in [1.54, 1.807) is 11.8 Å². The predicted molar refractivity (Wildman–Crippen MR) is 176 cm³/mol. The molecule has 0 saturated carbocycles. The van der Waals surface area contributed by atoms with Crippen molar-refractivity contribution >= 4 is 53.1 Å². The Hall–Kier alpha value is -2.84. The molecule has 1 aromatic rings. The molecule has 5 amide bonds. The zero-order valence-electron chi connectivity index (χ0n) is 26.7. The van der Waals surface area contributed by atoms with E-state index < -0.39 is 47.3 Å². The number of rotatable bonds is 5. The lowest BCUT2D eigenvalue weighted by Crippen LogP contribution is -2.65. The monoisotopic (exact) mass is 664 g/mol. The number of primary amides is 1. The minimum atomic E-state index is -1.22. The van der Waals surface area contributed by atoms with Crippen LogP contribution in [0.3, 0.4) is 0 Å². The van der Waals surface area contributed by atoms with Crippen molar-refractivity contribution in [2.24, 2.45) is 17.6 Å². The first kappa shape index (κ1) is 36.6. The van der Waals surface area contributed by atoms with E-state index in [9.17, 15) is 24.0 Å². The summed E-state index contributed by atoms with van der Waals surface area (Å²) >= 11 is 2.99. The van der Waals surface area contributed by atoms with Crippen molar-refractivity contribution in [3.05, 3.63) is 29.6 Å². The van der Waals surface area contributed by atoms with E-state index in [2.05, 4.69) is 21.3 Å². The summed E-state index contributed by atoms with van der Waals surface area (Å²) in [5, 5.41) is 11.5. The van der Waals surface area contributed by atoms with E-state index in [1.807, 2.05) is 45.9 Å². The quantitative estimate of drug-likeness (QED) is 0.313. The fourth-order valence-corrected chi connectivity index (χ4v) is 7.00. The fraction of sp³-hybridized carbons (Fsp3) is 0.677. The smallest absolute Gasteiger partial charge is 0.246 e. The van der Waals surface area contributed by atoms with Crippen LogP contribution < -0.4 is 27.0 Å². The maximum atomic E-state index is 13.9. The Morgan fingerprint density at radius 1 is 1.02 bits per heavy atom. The number of pyridine rings is 1. The Kier molecular flexibility index (Phi) is 14.4. The molecule has 3 rings (SSSR count). The second-order valence-electron chi connectivity index (χ2n) is 12.2. The molecule has 250 valence electrons. The molecular formula is C31H48N6O6S2. The first-order valence-electron chi connectivity index (χ1n) is 15.6. The largest absolute Gasteiger partial charge is 0.381 e. The molecule has 1 spiro atoms. The normalized spacial score (nSPS) is 25.1. The lowest BCUT2D eigenvalue weighted by Gasteiger charge is -2.38. The minimum Gasteiger partial charge on any atom is -0.381 e. The van der Waals surface area contributed by atoms with Gasteiger partial charge in [-0.1, -0.05) is 40.2 Å². The first-order valence-corrected chi connectivity index (χ1v) is 17.9. The van der Waals surface area contributed by atoms with Gasteiger partial charge in [-0.15, -0.1) is 0 Å². The van der Waals surface area contributed by atoms with Gasteiger partial charge in [0.15, 0.2) is 0 Å². The Morgan fingerprint density at radius 3 is 2.31 bits per heavy atom. The maximum Gasteiger partial charge on any atom is 0.246 e. The number of nitrogens with two attached hydrogens (primary N) is 1. The number of carbonyl (C=O) groups is 5. The van der Waals surface area contributed by atoms with Crippen LogP contribution in [-0.4, -0.2) is 82.9 Å². The number of aromatic nitrogens is 1. The topological polar surface area (TPSA) is 182 Å². The lowest BCUT2D eigenvalue weighted by molar-refractivity contribution is -0.140. The summed E-state index contributed by atoms with van der Waals surface area (Å²) in [5.74, 6) is -0.765. The van der Waals surface area contributed by atoms with Crippen LogP contribution in [0, 0.1) is 11.8 Å². The van der Waals surface area contributed by atoms with Crippen LogP contribution >= 0.6 is 23.5 Å². The van der Waals surface area contributed by atoms with Crippen LogP contribution in [-0.2, 0) is 40.2 Å². The molecule has 1 aromatic heterocycles. The molecular weight excluding hydrogens is 617 g/mol. The summed E-state index contributed by atoms with van der Waals surface area (Å²) in [6.45, 7) is 8.19. The molecule has 6 N–H and O–H groups in total. The van der Waals surface area contributed by atoms with Gasteiger partial charge in [-0.25, -0.2) is 0 Å². The molecule has 2 bridgehead atoms. The van der Waals surface area contributed by atoms with Gasteiger partial charge < -0.3 is 31.7 Å². The average molecular weight is 665 g/mol. The van der Waals surface area contributed by atoms with Crippen molar-refractivity contribution in [2.45, 2.75) is 95.0 Å². The zero-order chi connectivity index (χ0) is 33.0. The van der Waals surface area contributed by atoms with Gasteiger partial charge in [0.2, 0.25) is 29.5 Å². The van der Waals surface area contributed by atoms with E-state index in [4.69, 9.17) is 15.5 Å². The van der Waals surface area contributed by atoms with Gasteiger partial charge in [-0.2, -0.15) is 23.5 Å². The molecule has 0 aromatic carbocycles. The molecule has 1 fully saturated rings. The summed E-state index contributed by atoms with van der Waals surface area (Å²) in [5.41, 5.74) is 6.13. The van der Waals surface area contributed by atoms with Crippen molar-refractivity contribution in [1.82, 2.24) is 26.3 Å². The number of fused-ring (bicyclic) bond motifs is 2. The molecule has 2 aliphatic heterocycles. The number of carbonyl (C=O) groups excluding carboxylic acids is 5. The summed E-state index contributed by atoms with van der Waals surface area (Å²) in [6, 6.07) is 2.86. The molecule has 0 aliphatic carbocycles. The second kappa shape index (κ2) is 17.7. The van der Waals surface area contributed by atoms with E-state index in [-0.39, 0.29) is 42.8 Å². The molecule has 0 unspecified atom stereocenters. The second-order valence-corrected chi connectivity index (χ2v) is 14.3. The number of nitrogens with zero attached hydrogens (tertiary/aromatic N) is 1. The highest BCUT2D eigenvalue weighted by Gasteiger charge is 2.43. The average Bonchev–Trinajstić information content (AvgIpc) is 3.00. The molecule has 1 saturated heterocycles. The van der Waals surface area contributed by atoms with Crippen LogP contribution in [0.1, 0.15) is 71.2 Å². The molecule has 14 heteroatoms. The van der Waals surface area contributed by atoms with E-state index in [0.717, 1.165) is 11.4 Å². The minimum absolute atomic E-state index is 0.0399. The number of nitrogens with one attached hydrogen (secondary N) is 4. The van der Waals surface area contributed by atoms with Crippen LogP contribution in [0.25, 0.3) is 0 Å². The summed E-state index contributed by atoms with van der Waals surface area (Å²) in [4.78, 5) is 71.2. The Labute approximate surface area is 274 Å². The number of hydrogen-bond acceptors (Lipinski definition) is 9. The highest BCUT2D eigenvalue weighted by Crippen LogP contribution is 2.23. The van der Waals surface area contributed by atoms with Gasteiger partial charge in [-0.3, -0.25) is 29.0 Å². The number of hydrogen-bond donors (Lipinski definition) is 5. The van der Waals surface area contributed by atoms with Gasteiger partial charge in [0, 0.05) is 55.5 Å². The van der Waals surface area contributed by atoms with Gasteiger partial charge in [0.05, 0.1) is 11.4 Å². The van der Waals surface area contributed by atoms with Gasteiger partial charge in [0.25, 0.3) is 0 Å². The summed E-state index contributed by atoms with van der Waals surface area (Å²) in [7, 11) is 0. The molecule has 2 aliphatic rings. The van der Waals surface area contributed by atoms with Crippen LogP contribution in [0.2, 0.25) is 0 Å². The Morgan fingerprint density at radius 2 is 1.69 bits per heavy atom. The van der Waals surface area contributed by atoms with E-state index >= 15 is 0 Å². The third-order valence-corrected chi connectivity index (χ3v) is 10.1.